The molecule has 2 aliphatic rings. The van der Waals surface area contributed by atoms with Crippen molar-refractivity contribution in [3.8, 4) is 0 Å². The summed E-state index contributed by atoms with van der Waals surface area (Å²) >= 11 is 3.46. The Balaban J connectivity index is 1.60. The molecule has 0 aromatic carbocycles. The second kappa shape index (κ2) is 4.79. The van der Waals surface area contributed by atoms with Crippen molar-refractivity contribution >= 4 is 15.9 Å². The van der Waals surface area contributed by atoms with E-state index in [4.69, 9.17) is 0 Å². The second-order valence-corrected chi connectivity index (χ2v) is 5.47. The van der Waals surface area contributed by atoms with Crippen LogP contribution in [-0.4, -0.2) is 18.4 Å². The molecule has 1 N–H and O–H groups in total. The molecule has 2 aliphatic carbocycles. The number of rotatable bonds is 5. The van der Waals surface area contributed by atoms with Crippen LogP contribution in [0.15, 0.2) is 0 Å². The van der Waals surface area contributed by atoms with Crippen molar-refractivity contribution in [3.05, 3.63) is 0 Å². The van der Waals surface area contributed by atoms with Crippen molar-refractivity contribution in [2.45, 2.75) is 32.1 Å². The maximum absolute atomic E-state index is 3.58. The van der Waals surface area contributed by atoms with Gasteiger partial charge in [0.1, 0.15) is 0 Å². The lowest BCUT2D eigenvalue weighted by Gasteiger charge is -2.21. The van der Waals surface area contributed by atoms with Crippen LogP contribution in [0.1, 0.15) is 32.1 Å². The lowest BCUT2D eigenvalue weighted by molar-refractivity contribution is 0.319. The van der Waals surface area contributed by atoms with E-state index in [1.807, 2.05) is 0 Å². The molecule has 0 radical (unpaired) electrons. The van der Waals surface area contributed by atoms with E-state index in [0.29, 0.717) is 0 Å². The lowest BCUT2D eigenvalue weighted by Crippen LogP contribution is -2.27. The predicted octanol–water partition coefficient (Wildman–Crippen LogP) is 2.80. The van der Waals surface area contributed by atoms with Gasteiger partial charge in [0.05, 0.1) is 0 Å². The minimum Gasteiger partial charge on any atom is -0.316 e. The molecule has 0 aromatic heterocycles. The molecule has 13 heavy (non-hydrogen) atoms. The Morgan fingerprint density at radius 3 is 2.77 bits per heavy atom. The summed E-state index contributed by atoms with van der Waals surface area (Å²) < 4.78 is 0. The molecular formula is C11H20BrN. The Hall–Kier alpha value is 0.440. The third-order valence-electron chi connectivity index (χ3n) is 3.78. The fourth-order valence-electron chi connectivity index (χ4n) is 3.11. The Kier molecular flexibility index (Phi) is 3.67. The SMILES string of the molecule is BrCCCNCC1CC2CCC1C2. The molecular weight excluding hydrogens is 226 g/mol. The van der Waals surface area contributed by atoms with Crippen molar-refractivity contribution in [2.75, 3.05) is 18.4 Å². The Bertz CT molecular complexity index is 160. The highest BCUT2D eigenvalue weighted by Crippen LogP contribution is 2.47. The van der Waals surface area contributed by atoms with Crippen LogP contribution < -0.4 is 5.32 Å². The molecule has 3 unspecified atom stereocenters. The molecule has 3 atom stereocenters. The quantitative estimate of drug-likeness (QED) is 0.581. The minimum absolute atomic E-state index is 1.02. The van der Waals surface area contributed by atoms with Gasteiger partial charge in [-0.1, -0.05) is 22.4 Å². The van der Waals surface area contributed by atoms with Crippen molar-refractivity contribution in [1.82, 2.24) is 5.32 Å². The van der Waals surface area contributed by atoms with Crippen molar-refractivity contribution in [3.63, 3.8) is 0 Å². The zero-order valence-corrected chi connectivity index (χ0v) is 9.85. The van der Waals surface area contributed by atoms with E-state index in [-0.39, 0.29) is 0 Å². The van der Waals surface area contributed by atoms with Crippen LogP contribution >= 0.6 is 15.9 Å². The summed E-state index contributed by atoms with van der Waals surface area (Å²) in [6, 6.07) is 0. The maximum Gasteiger partial charge on any atom is 0.00433 e. The molecule has 76 valence electrons. The fraction of sp³-hybridized carbons (Fsp3) is 1.00. The third-order valence-corrected chi connectivity index (χ3v) is 4.34. The zero-order chi connectivity index (χ0) is 9.10. The summed E-state index contributed by atoms with van der Waals surface area (Å²) in [7, 11) is 0. The molecule has 2 heteroatoms. The van der Waals surface area contributed by atoms with E-state index >= 15 is 0 Å². The summed E-state index contributed by atoms with van der Waals surface area (Å²) in [6.45, 7) is 2.48. The maximum atomic E-state index is 3.58. The molecule has 2 saturated carbocycles. The van der Waals surface area contributed by atoms with Gasteiger partial charge in [-0.2, -0.15) is 0 Å². The summed E-state index contributed by atoms with van der Waals surface area (Å²) in [4.78, 5) is 0. The largest absolute Gasteiger partial charge is 0.316 e. The van der Waals surface area contributed by atoms with Gasteiger partial charge in [0.2, 0.25) is 0 Å². The zero-order valence-electron chi connectivity index (χ0n) is 8.27. The molecule has 2 fully saturated rings. The molecule has 0 aromatic rings. The van der Waals surface area contributed by atoms with E-state index in [1.165, 1.54) is 38.8 Å². The average molecular weight is 246 g/mol. The molecule has 0 aliphatic heterocycles. The monoisotopic (exact) mass is 245 g/mol. The first-order valence-corrected chi connectivity index (χ1v) is 6.79. The van der Waals surface area contributed by atoms with E-state index in [9.17, 15) is 0 Å². The normalized spacial score (nSPS) is 37.2. The number of hydrogen-bond acceptors (Lipinski definition) is 1. The highest BCUT2D eigenvalue weighted by Gasteiger charge is 2.38. The predicted molar refractivity (Wildman–Crippen MR) is 60.2 cm³/mol. The van der Waals surface area contributed by atoms with Crippen LogP contribution in [0.25, 0.3) is 0 Å². The van der Waals surface area contributed by atoms with Gasteiger partial charge in [0.15, 0.2) is 0 Å². The van der Waals surface area contributed by atoms with Crippen LogP contribution in [0.4, 0.5) is 0 Å². The lowest BCUT2D eigenvalue weighted by atomic mass is 9.89. The van der Waals surface area contributed by atoms with Crippen LogP contribution in [0.5, 0.6) is 0 Å². The minimum atomic E-state index is 1.02. The molecule has 1 nitrogen and oxygen atoms in total. The van der Waals surface area contributed by atoms with Gasteiger partial charge in [-0.15, -0.1) is 0 Å². The topological polar surface area (TPSA) is 12.0 Å². The number of alkyl halides is 1. The van der Waals surface area contributed by atoms with E-state index < -0.39 is 0 Å². The van der Waals surface area contributed by atoms with Gasteiger partial charge < -0.3 is 5.32 Å². The molecule has 0 heterocycles. The van der Waals surface area contributed by atoms with Gasteiger partial charge >= 0.3 is 0 Å². The van der Waals surface area contributed by atoms with E-state index in [1.54, 1.807) is 6.42 Å². The van der Waals surface area contributed by atoms with Gasteiger partial charge in [-0.3, -0.25) is 0 Å². The van der Waals surface area contributed by atoms with Crippen molar-refractivity contribution in [2.24, 2.45) is 17.8 Å². The first-order chi connectivity index (χ1) is 6.40. The number of halogens is 1. The first kappa shape index (κ1) is 9.97. The highest BCUT2D eigenvalue weighted by atomic mass is 79.9. The molecule has 0 spiro atoms. The summed E-state index contributed by atoms with van der Waals surface area (Å²) in [5, 5.41) is 4.72. The van der Waals surface area contributed by atoms with Gasteiger partial charge in [0.25, 0.3) is 0 Å². The third kappa shape index (κ3) is 2.47. The van der Waals surface area contributed by atoms with Gasteiger partial charge in [-0.25, -0.2) is 0 Å². The van der Waals surface area contributed by atoms with Crippen LogP contribution in [0.3, 0.4) is 0 Å². The van der Waals surface area contributed by atoms with Crippen LogP contribution in [0, 0.1) is 17.8 Å². The molecule has 0 amide bonds. The van der Waals surface area contributed by atoms with E-state index in [0.717, 1.165) is 23.1 Å². The number of fused-ring (bicyclic) bond motifs is 2. The number of hydrogen-bond donors (Lipinski definition) is 1. The Morgan fingerprint density at radius 2 is 2.15 bits per heavy atom. The number of nitrogens with one attached hydrogen (secondary N) is 1. The fourth-order valence-corrected chi connectivity index (χ4v) is 3.39. The summed E-state index contributed by atoms with van der Waals surface area (Å²) in [5.41, 5.74) is 0. The van der Waals surface area contributed by atoms with Gasteiger partial charge in [0, 0.05) is 5.33 Å². The van der Waals surface area contributed by atoms with Crippen molar-refractivity contribution < 1.29 is 0 Å². The molecule has 2 rings (SSSR count). The van der Waals surface area contributed by atoms with Crippen LogP contribution in [0.2, 0.25) is 0 Å². The summed E-state index contributed by atoms with van der Waals surface area (Å²) in [5.74, 6) is 3.21. The standard InChI is InChI=1S/C11H20BrN/c12-4-1-5-13-8-11-7-9-2-3-10(11)6-9/h9-11,13H,1-8H2. The highest BCUT2D eigenvalue weighted by molar-refractivity contribution is 9.09. The smallest absolute Gasteiger partial charge is 0.00433 e. The Morgan fingerprint density at radius 1 is 1.23 bits per heavy atom. The molecule has 0 saturated heterocycles. The second-order valence-electron chi connectivity index (χ2n) is 4.68. The average Bonchev–Trinajstić information content (AvgIpc) is 2.73. The molecule has 2 bridgehead atoms. The van der Waals surface area contributed by atoms with E-state index in [2.05, 4.69) is 21.2 Å². The van der Waals surface area contributed by atoms with Crippen molar-refractivity contribution in [1.29, 1.82) is 0 Å². The summed E-state index contributed by atoms with van der Waals surface area (Å²) in [6.07, 6.45) is 7.38. The Labute approximate surface area is 89.8 Å². The van der Waals surface area contributed by atoms with Crippen LogP contribution in [-0.2, 0) is 0 Å². The van der Waals surface area contributed by atoms with Gasteiger partial charge in [-0.05, 0) is 56.5 Å². The first-order valence-electron chi connectivity index (χ1n) is 5.67.